The Morgan fingerprint density at radius 2 is 2.12 bits per heavy atom. The minimum Gasteiger partial charge on any atom is -0.384 e. The summed E-state index contributed by atoms with van der Waals surface area (Å²) in [7, 11) is 0. The van der Waals surface area contributed by atoms with Gasteiger partial charge in [-0.2, -0.15) is 10.5 Å². The molecule has 1 aliphatic carbocycles. The fourth-order valence-electron chi connectivity index (χ4n) is 4.25. The maximum Gasteiger partial charge on any atom is 0.219 e. The molecule has 2 N–H and O–H groups in total. The number of nitriles is 2. The number of thioether (sulfide) groups is 1. The van der Waals surface area contributed by atoms with Crippen LogP contribution in [0.4, 0.5) is 9.52 Å². The maximum absolute atomic E-state index is 15.0. The lowest BCUT2D eigenvalue weighted by Gasteiger charge is -2.42. The number of hydrogen-bond donors (Lipinski definition) is 1. The predicted molar refractivity (Wildman–Crippen MR) is 125 cm³/mol. The first-order valence-electron chi connectivity index (χ1n) is 9.91. The second-order valence-electron chi connectivity index (χ2n) is 8.41. The second kappa shape index (κ2) is 8.79. The molecule has 0 radical (unpaired) electrons. The lowest BCUT2D eigenvalue weighted by Crippen LogP contribution is -2.42. The molecule has 11 heteroatoms. The van der Waals surface area contributed by atoms with Crippen LogP contribution in [-0.2, 0) is 4.79 Å². The number of ketones is 1. The summed E-state index contributed by atoms with van der Waals surface area (Å²) in [6, 6.07) is 8.36. The van der Waals surface area contributed by atoms with Gasteiger partial charge < -0.3 is 5.73 Å². The number of benzene rings is 1. The van der Waals surface area contributed by atoms with Crippen molar-refractivity contribution in [1.29, 1.82) is 10.5 Å². The summed E-state index contributed by atoms with van der Waals surface area (Å²) in [5.41, 5.74) is 7.05. The number of carbonyl (C=O) groups is 1. The van der Waals surface area contributed by atoms with Crippen LogP contribution >= 0.6 is 34.7 Å². The second-order valence-corrected chi connectivity index (χ2v) is 11.0. The molecule has 2 heterocycles. The van der Waals surface area contributed by atoms with Gasteiger partial charge in [-0.1, -0.05) is 54.6 Å². The average Bonchev–Trinajstić information content (AvgIpc) is 3.19. The molecule has 2 aromatic rings. The third-order valence-corrected chi connectivity index (χ3v) is 7.75. The van der Waals surface area contributed by atoms with Crippen LogP contribution in [0.5, 0.6) is 0 Å². The van der Waals surface area contributed by atoms with Crippen LogP contribution in [0.2, 0.25) is 5.02 Å². The van der Waals surface area contributed by atoms with E-state index < -0.39 is 11.7 Å². The molecule has 0 saturated carbocycles. The number of nitrogens with zero attached hydrogens (tertiary/aromatic N) is 5. The molecule has 0 fully saturated rings. The molecule has 0 saturated heterocycles. The van der Waals surface area contributed by atoms with Crippen LogP contribution in [-0.4, -0.2) is 21.7 Å². The highest BCUT2D eigenvalue weighted by atomic mass is 35.5. The first kappa shape index (κ1) is 23.2. The SMILES string of the molecule is CC1(C)CC(=O)C2=C(C1)N(c1nnc(SCC#N)s1)C(N)=C(C#N)C2c1c(F)cccc1Cl. The number of nitrogens with two attached hydrogens (primary N) is 1. The zero-order valence-electron chi connectivity index (χ0n) is 17.7. The third-order valence-electron chi connectivity index (χ3n) is 5.52. The van der Waals surface area contributed by atoms with Gasteiger partial charge in [-0.25, -0.2) is 4.39 Å². The van der Waals surface area contributed by atoms with Crippen molar-refractivity contribution in [3.63, 3.8) is 0 Å². The molecule has 2 aliphatic rings. The van der Waals surface area contributed by atoms with Gasteiger partial charge in [-0.05, 0) is 24.0 Å². The summed E-state index contributed by atoms with van der Waals surface area (Å²) in [5, 5.41) is 27.7. The molecule has 1 aromatic carbocycles. The van der Waals surface area contributed by atoms with E-state index in [9.17, 15) is 14.4 Å². The Morgan fingerprint density at radius 1 is 1.36 bits per heavy atom. The van der Waals surface area contributed by atoms with Gasteiger partial charge in [0.25, 0.3) is 0 Å². The van der Waals surface area contributed by atoms with Gasteiger partial charge in [-0.15, -0.1) is 10.2 Å². The zero-order valence-corrected chi connectivity index (χ0v) is 20.1. The van der Waals surface area contributed by atoms with E-state index in [-0.39, 0.29) is 45.4 Å². The molecule has 0 bridgehead atoms. The van der Waals surface area contributed by atoms with Crippen LogP contribution in [0.25, 0.3) is 0 Å². The van der Waals surface area contributed by atoms with Crippen LogP contribution < -0.4 is 10.6 Å². The van der Waals surface area contributed by atoms with Gasteiger partial charge in [0.1, 0.15) is 11.6 Å². The summed E-state index contributed by atoms with van der Waals surface area (Å²) in [6.07, 6.45) is 0.691. The molecule has 0 spiro atoms. The molecule has 0 amide bonds. The predicted octanol–water partition coefficient (Wildman–Crippen LogP) is 4.89. The first-order valence-corrected chi connectivity index (χ1v) is 12.1. The fraction of sp³-hybridized carbons (Fsp3) is 0.318. The van der Waals surface area contributed by atoms with Crippen LogP contribution in [0, 0.1) is 33.9 Å². The van der Waals surface area contributed by atoms with E-state index in [1.165, 1.54) is 41.3 Å². The summed E-state index contributed by atoms with van der Waals surface area (Å²) in [6.45, 7) is 3.93. The van der Waals surface area contributed by atoms with Crippen LogP contribution in [0.3, 0.4) is 0 Å². The number of carbonyl (C=O) groups excluding carboxylic acids is 1. The Kier molecular flexibility index (Phi) is 6.19. The topological polar surface area (TPSA) is 120 Å². The Hall–Kier alpha value is -2.92. The van der Waals surface area contributed by atoms with Gasteiger partial charge >= 0.3 is 0 Å². The Balaban J connectivity index is 1.97. The lowest BCUT2D eigenvalue weighted by atomic mass is 9.68. The molecular formula is C22H18ClFN6OS2. The van der Waals surface area contributed by atoms with Crippen molar-refractivity contribution in [3.8, 4) is 12.1 Å². The van der Waals surface area contributed by atoms with E-state index in [0.29, 0.717) is 27.2 Å². The Labute approximate surface area is 203 Å². The number of hydrogen-bond acceptors (Lipinski definition) is 9. The van der Waals surface area contributed by atoms with Gasteiger partial charge in [0, 0.05) is 28.3 Å². The number of halogens is 2. The van der Waals surface area contributed by atoms with Crippen molar-refractivity contribution in [3.05, 3.63) is 57.3 Å². The van der Waals surface area contributed by atoms with E-state index in [4.69, 9.17) is 22.6 Å². The maximum atomic E-state index is 15.0. The summed E-state index contributed by atoms with van der Waals surface area (Å²) in [5.74, 6) is -1.56. The van der Waals surface area contributed by atoms with Crippen molar-refractivity contribution < 1.29 is 9.18 Å². The third kappa shape index (κ3) is 4.10. The van der Waals surface area contributed by atoms with Crippen LogP contribution in [0.15, 0.2) is 45.2 Å². The Morgan fingerprint density at radius 3 is 2.79 bits per heavy atom. The van der Waals surface area contributed by atoms with Crippen LogP contribution in [0.1, 0.15) is 38.2 Å². The average molecular weight is 501 g/mol. The summed E-state index contributed by atoms with van der Waals surface area (Å²) in [4.78, 5) is 15.0. The van der Waals surface area contributed by atoms with E-state index in [0.717, 1.165) is 0 Å². The molecule has 168 valence electrons. The molecule has 1 aliphatic heterocycles. The largest absolute Gasteiger partial charge is 0.384 e. The highest BCUT2D eigenvalue weighted by molar-refractivity contribution is 8.01. The van der Waals surface area contributed by atoms with Gasteiger partial charge in [0.05, 0.1) is 29.4 Å². The highest BCUT2D eigenvalue weighted by Gasteiger charge is 2.46. The summed E-state index contributed by atoms with van der Waals surface area (Å²) >= 11 is 8.80. The molecular weight excluding hydrogens is 483 g/mol. The van der Waals surface area contributed by atoms with Crippen molar-refractivity contribution in [2.45, 2.75) is 36.9 Å². The molecule has 33 heavy (non-hydrogen) atoms. The quantitative estimate of drug-likeness (QED) is 0.589. The highest BCUT2D eigenvalue weighted by Crippen LogP contribution is 2.52. The fourth-order valence-corrected chi connectivity index (χ4v) is 6.06. The first-order chi connectivity index (χ1) is 15.7. The number of anilines is 1. The Bertz CT molecular complexity index is 1280. The van der Waals surface area contributed by atoms with E-state index >= 15 is 0 Å². The molecule has 7 nitrogen and oxygen atoms in total. The minimum absolute atomic E-state index is 0.0234. The monoisotopic (exact) mass is 500 g/mol. The number of Topliss-reactive ketones (excluding diaryl/α,β-unsaturated/α-hetero) is 1. The zero-order chi connectivity index (χ0) is 23.9. The van der Waals surface area contributed by atoms with Crippen molar-refractivity contribution >= 4 is 45.6 Å². The molecule has 1 aromatic heterocycles. The normalized spacial score (nSPS) is 19.9. The standard InChI is InChI=1S/C22H18ClFN6OS2/c1-22(2)8-14-18(15(31)9-22)16(17-12(23)4-3-5-13(17)24)11(10-26)19(27)30(14)20-28-29-21(33-20)32-7-6-25/h3-5,16H,7-9,27H2,1-2H3. The van der Waals surface area contributed by atoms with Crippen molar-refractivity contribution in [1.82, 2.24) is 10.2 Å². The van der Waals surface area contributed by atoms with E-state index in [2.05, 4.69) is 16.3 Å². The number of allylic oxidation sites excluding steroid dienone is 3. The molecule has 1 atom stereocenters. The smallest absolute Gasteiger partial charge is 0.219 e. The number of rotatable bonds is 4. The summed E-state index contributed by atoms with van der Waals surface area (Å²) < 4.78 is 15.6. The van der Waals surface area contributed by atoms with Crippen molar-refractivity contribution in [2.24, 2.45) is 11.1 Å². The van der Waals surface area contributed by atoms with Gasteiger partial charge in [0.2, 0.25) is 5.13 Å². The number of aromatic nitrogens is 2. The van der Waals surface area contributed by atoms with E-state index in [1.807, 2.05) is 19.9 Å². The van der Waals surface area contributed by atoms with Gasteiger partial charge in [0.15, 0.2) is 10.1 Å². The van der Waals surface area contributed by atoms with E-state index in [1.54, 1.807) is 4.90 Å². The molecule has 4 rings (SSSR count). The van der Waals surface area contributed by atoms with Crippen molar-refractivity contribution in [2.75, 3.05) is 10.7 Å². The minimum atomic E-state index is -1.01. The van der Waals surface area contributed by atoms with Gasteiger partial charge in [-0.3, -0.25) is 9.69 Å². The molecule has 1 unspecified atom stereocenters. The lowest BCUT2D eigenvalue weighted by molar-refractivity contribution is -0.118.